The molecule has 0 aromatic heterocycles. The van der Waals surface area contributed by atoms with Crippen molar-refractivity contribution in [2.45, 2.75) is 19.5 Å². The van der Waals surface area contributed by atoms with Gasteiger partial charge in [-0.2, -0.15) is 13.2 Å². The summed E-state index contributed by atoms with van der Waals surface area (Å²) in [5.74, 6) is 5.55. The van der Waals surface area contributed by atoms with E-state index in [1.807, 2.05) is 24.3 Å². The van der Waals surface area contributed by atoms with Crippen molar-refractivity contribution >= 4 is 35.6 Å². The largest absolute Gasteiger partial charge is 0.416 e. The van der Waals surface area contributed by atoms with Gasteiger partial charge < -0.3 is 11.1 Å². The zero-order chi connectivity index (χ0) is 18.3. The van der Waals surface area contributed by atoms with E-state index in [4.69, 9.17) is 5.73 Å². The second kappa shape index (κ2) is 10.1. The Morgan fingerprint density at radius 1 is 1.15 bits per heavy atom. The maximum atomic E-state index is 12.6. The lowest BCUT2D eigenvalue weighted by Gasteiger charge is -2.06. The van der Waals surface area contributed by atoms with Crippen LogP contribution in [0.4, 0.5) is 18.9 Å². The van der Waals surface area contributed by atoms with Crippen LogP contribution >= 0.6 is 24.0 Å². The highest BCUT2D eigenvalue weighted by Crippen LogP contribution is 2.29. The molecule has 0 aliphatic rings. The number of alkyl halides is 3. The molecule has 0 heterocycles. The number of nitrogens with zero attached hydrogens (tertiary/aromatic N) is 1. The van der Waals surface area contributed by atoms with Crippen molar-refractivity contribution in [1.29, 1.82) is 0 Å². The van der Waals surface area contributed by atoms with E-state index < -0.39 is 11.7 Å². The number of nitrogens with two attached hydrogens (primary N) is 1. The average molecular weight is 473 g/mol. The number of aliphatic imine (C=N–C) groups is 1. The Bertz CT molecular complexity index is 821. The minimum atomic E-state index is -4.38. The summed E-state index contributed by atoms with van der Waals surface area (Å²) in [5, 5.41) is 2.96. The van der Waals surface area contributed by atoms with Crippen LogP contribution in [0, 0.1) is 11.8 Å². The van der Waals surface area contributed by atoms with Gasteiger partial charge in [0.1, 0.15) is 6.54 Å². The first-order valence-electron chi connectivity index (χ1n) is 7.70. The van der Waals surface area contributed by atoms with Crippen LogP contribution < -0.4 is 11.1 Å². The fourth-order valence-corrected chi connectivity index (χ4v) is 2.10. The van der Waals surface area contributed by atoms with Gasteiger partial charge in [0, 0.05) is 11.3 Å². The molecule has 26 heavy (non-hydrogen) atoms. The highest BCUT2D eigenvalue weighted by atomic mass is 127. The molecule has 138 valence electrons. The first-order chi connectivity index (χ1) is 11.9. The lowest BCUT2D eigenvalue weighted by atomic mass is 10.1. The Balaban J connectivity index is 0.00000338. The molecule has 3 nitrogen and oxygen atoms in total. The fourth-order valence-electron chi connectivity index (χ4n) is 2.10. The van der Waals surface area contributed by atoms with E-state index in [-0.39, 0.29) is 42.0 Å². The molecule has 2 aromatic carbocycles. The minimum Gasteiger partial charge on any atom is -0.370 e. The summed E-state index contributed by atoms with van der Waals surface area (Å²) in [5.41, 5.74) is 7.34. The lowest BCUT2D eigenvalue weighted by molar-refractivity contribution is -0.137. The van der Waals surface area contributed by atoms with Crippen LogP contribution in [0.2, 0.25) is 0 Å². The predicted octanol–water partition coefficient (Wildman–Crippen LogP) is 4.66. The molecule has 0 aliphatic carbocycles. The number of hydrogen-bond acceptors (Lipinski definition) is 1. The molecule has 3 N–H and O–H groups in total. The monoisotopic (exact) mass is 473 g/mol. The third kappa shape index (κ3) is 6.96. The SMILES string of the molecule is CCc1cccc(NC(N)=NCC#Cc2cccc(C(F)(F)F)c2)c1.I. The number of guanidine groups is 1. The summed E-state index contributed by atoms with van der Waals surface area (Å²) < 4.78 is 37.9. The Kier molecular flexibility index (Phi) is 8.45. The molecule has 0 atom stereocenters. The van der Waals surface area contributed by atoms with Gasteiger partial charge in [-0.3, -0.25) is 0 Å². The second-order valence-corrected chi connectivity index (χ2v) is 5.26. The molecular formula is C19H19F3IN3. The van der Waals surface area contributed by atoms with Crippen molar-refractivity contribution in [3.05, 3.63) is 65.2 Å². The van der Waals surface area contributed by atoms with E-state index in [2.05, 4.69) is 29.1 Å². The molecule has 2 rings (SSSR count). The molecule has 7 heteroatoms. The van der Waals surface area contributed by atoms with Gasteiger partial charge in [-0.25, -0.2) is 4.99 Å². The van der Waals surface area contributed by atoms with Crippen molar-refractivity contribution in [2.24, 2.45) is 10.7 Å². The third-order valence-electron chi connectivity index (χ3n) is 3.36. The second-order valence-electron chi connectivity index (χ2n) is 5.26. The molecule has 0 aliphatic heterocycles. The van der Waals surface area contributed by atoms with Gasteiger partial charge in [-0.05, 0) is 42.3 Å². The highest BCUT2D eigenvalue weighted by Gasteiger charge is 2.30. The van der Waals surface area contributed by atoms with Gasteiger partial charge in [0.2, 0.25) is 0 Å². The highest BCUT2D eigenvalue weighted by molar-refractivity contribution is 14.0. The van der Waals surface area contributed by atoms with Crippen LogP contribution in [-0.4, -0.2) is 12.5 Å². The Morgan fingerprint density at radius 3 is 2.58 bits per heavy atom. The average Bonchev–Trinajstić information content (AvgIpc) is 2.58. The standard InChI is InChI=1S/C19H18F3N3.HI/c1-2-14-6-4-10-17(13-14)25-18(23)24-11-5-8-15-7-3-9-16(12-15)19(20,21)22;/h3-4,6-7,9-10,12-13H,2,11H2,1H3,(H3,23,24,25);1H. The van der Waals surface area contributed by atoms with E-state index in [0.29, 0.717) is 0 Å². The van der Waals surface area contributed by atoms with E-state index in [9.17, 15) is 13.2 Å². The summed E-state index contributed by atoms with van der Waals surface area (Å²) in [6.45, 7) is 2.14. The number of halogens is 4. The normalized spacial score (nSPS) is 11.2. The van der Waals surface area contributed by atoms with Crippen LogP contribution in [-0.2, 0) is 12.6 Å². The third-order valence-corrected chi connectivity index (χ3v) is 3.36. The smallest absolute Gasteiger partial charge is 0.370 e. The molecule has 0 saturated heterocycles. The van der Waals surface area contributed by atoms with Crippen LogP contribution in [0.1, 0.15) is 23.6 Å². The van der Waals surface area contributed by atoms with Crippen molar-refractivity contribution in [3.63, 3.8) is 0 Å². The maximum absolute atomic E-state index is 12.6. The van der Waals surface area contributed by atoms with Gasteiger partial charge in [-0.1, -0.05) is 37.0 Å². The number of anilines is 1. The maximum Gasteiger partial charge on any atom is 0.416 e. The molecule has 0 fully saturated rings. The first-order valence-corrected chi connectivity index (χ1v) is 7.70. The predicted molar refractivity (Wildman–Crippen MR) is 110 cm³/mol. The quantitative estimate of drug-likeness (QED) is 0.295. The summed E-state index contributed by atoms with van der Waals surface area (Å²) >= 11 is 0. The van der Waals surface area contributed by atoms with Crippen molar-refractivity contribution in [1.82, 2.24) is 0 Å². The Hall–Kier alpha value is -2.21. The summed E-state index contributed by atoms with van der Waals surface area (Å²) in [4.78, 5) is 4.05. The van der Waals surface area contributed by atoms with Gasteiger partial charge >= 0.3 is 6.18 Å². The summed E-state index contributed by atoms with van der Waals surface area (Å²) in [6.07, 6.45) is -3.47. The molecule has 0 radical (unpaired) electrons. The summed E-state index contributed by atoms with van der Waals surface area (Å²) in [6, 6.07) is 12.6. The van der Waals surface area contributed by atoms with Crippen molar-refractivity contribution in [3.8, 4) is 11.8 Å². The number of hydrogen-bond donors (Lipinski definition) is 2. The van der Waals surface area contributed by atoms with E-state index in [1.165, 1.54) is 17.7 Å². The van der Waals surface area contributed by atoms with Gasteiger partial charge in [0.05, 0.1) is 5.56 Å². The topological polar surface area (TPSA) is 50.4 Å². The molecular weight excluding hydrogens is 454 g/mol. The minimum absolute atomic E-state index is 0. The van der Waals surface area contributed by atoms with Gasteiger partial charge in [-0.15, -0.1) is 24.0 Å². The Labute approximate surface area is 167 Å². The number of nitrogens with one attached hydrogen (secondary N) is 1. The molecule has 0 unspecified atom stereocenters. The fraction of sp³-hybridized carbons (Fsp3) is 0.211. The lowest BCUT2D eigenvalue weighted by Crippen LogP contribution is -2.22. The van der Waals surface area contributed by atoms with Crippen LogP contribution in [0.25, 0.3) is 0 Å². The molecule has 2 aromatic rings. The van der Waals surface area contributed by atoms with E-state index in [1.54, 1.807) is 0 Å². The van der Waals surface area contributed by atoms with E-state index in [0.717, 1.165) is 24.2 Å². The Morgan fingerprint density at radius 2 is 1.88 bits per heavy atom. The van der Waals surface area contributed by atoms with Crippen LogP contribution in [0.3, 0.4) is 0 Å². The zero-order valence-corrected chi connectivity index (χ0v) is 16.4. The molecule has 0 spiro atoms. The number of rotatable bonds is 3. The molecule has 0 bridgehead atoms. The van der Waals surface area contributed by atoms with Crippen LogP contribution in [0.5, 0.6) is 0 Å². The van der Waals surface area contributed by atoms with Crippen molar-refractivity contribution in [2.75, 3.05) is 11.9 Å². The molecule has 0 amide bonds. The number of benzene rings is 2. The van der Waals surface area contributed by atoms with E-state index >= 15 is 0 Å². The van der Waals surface area contributed by atoms with Gasteiger partial charge in [0.25, 0.3) is 0 Å². The van der Waals surface area contributed by atoms with Gasteiger partial charge in [0.15, 0.2) is 5.96 Å². The zero-order valence-electron chi connectivity index (χ0n) is 14.1. The summed E-state index contributed by atoms with van der Waals surface area (Å²) in [7, 11) is 0. The number of aryl methyl sites for hydroxylation is 1. The van der Waals surface area contributed by atoms with Crippen LogP contribution in [0.15, 0.2) is 53.5 Å². The first kappa shape index (κ1) is 21.8. The van der Waals surface area contributed by atoms with Crippen molar-refractivity contribution < 1.29 is 13.2 Å². The molecule has 0 saturated carbocycles.